The number of nitrogens with zero attached hydrogens (tertiary/aromatic N) is 3. The van der Waals surface area contributed by atoms with E-state index in [0.29, 0.717) is 23.2 Å². The molecule has 0 aliphatic rings. The highest BCUT2D eigenvalue weighted by molar-refractivity contribution is 5.92. The molecule has 3 aromatic carbocycles. The number of aromatic amines is 1. The first-order chi connectivity index (χ1) is 20.2. The molecular weight excluding hydrogens is 547 g/mol. The van der Waals surface area contributed by atoms with Crippen molar-refractivity contribution in [3.05, 3.63) is 101 Å². The molecular formula is C31H30F3N5O3. The average molecular weight is 578 g/mol. The number of para-hydroxylation sites is 1. The number of urea groups is 1. The number of carbonyl (C=O) groups excluding carboxylic acids is 2. The molecule has 0 aliphatic heterocycles. The summed E-state index contributed by atoms with van der Waals surface area (Å²) in [6.45, 7) is 0.326. The number of methoxy groups -OCH3 is 1. The van der Waals surface area contributed by atoms with E-state index >= 15 is 0 Å². The van der Waals surface area contributed by atoms with Gasteiger partial charge in [0.15, 0.2) is 0 Å². The second-order valence-electron chi connectivity index (χ2n) is 9.66. The van der Waals surface area contributed by atoms with Gasteiger partial charge in [0.2, 0.25) is 5.91 Å². The maximum absolute atomic E-state index is 13.7. The maximum Gasteiger partial charge on any atom is 0.416 e. The Morgan fingerprint density at radius 2 is 1.76 bits per heavy atom. The number of H-pyrrole nitrogens is 1. The zero-order valence-electron chi connectivity index (χ0n) is 22.9. The molecule has 0 unspecified atom stereocenters. The molecule has 0 fully saturated rings. The largest absolute Gasteiger partial charge is 0.416 e. The van der Waals surface area contributed by atoms with Crippen molar-refractivity contribution in [3.8, 4) is 6.07 Å². The predicted octanol–water partition coefficient (Wildman–Crippen LogP) is 5.81. The Labute approximate surface area is 241 Å². The fourth-order valence-corrected chi connectivity index (χ4v) is 4.49. The number of halogens is 3. The van der Waals surface area contributed by atoms with Gasteiger partial charge in [0.25, 0.3) is 0 Å². The lowest BCUT2D eigenvalue weighted by Crippen LogP contribution is -2.46. The van der Waals surface area contributed by atoms with Gasteiger partial charge in [0.1, 0.15) is 6.54 Å². The molecule has 218 valence electrons. The molecule has 0 atom stereocenters. The van der Waals surface area contributed by atoms with E-state index < -0.39 is 17.8 Å². The van der Waals surface area contributed by atoms with E-state index in [1.54, 1.807) is 18.2 Å². The van der Waals surface area contributed by atoms with Crippen LogP contribution in [0.15, 0.2) is 79.0 Å². The SMILES string of the molecule is COCCN(CC(=O)N(CCc1c[nH]c2ccccc12)Cc1ccc(C(F)(F)F)cc1)C(=O)Nc1cccc(C#N)c1. The van der Waals surface area contributed by atoms with Crippen LogP contribution in [0, 0.1) is 11.3 Å². The highest BCUT2D eigenvalue weighted by Gasteiger charge is 2.30. The first kappa shape index (κ1) is 30.1. The Hall–Kier alpha value is -4.82. The van der Waals surface area contributed by atoms with Gasteiger partial charge in [-0.15, -0.1) is 0 Å². The third-order valence-electron chi connectivity index (χ3n) is 6.75. The lowest BCUT2D eigenvalue weighted by molar-refractivity contribution is -0.137. The maximum atomic E-state index is 13.7. The molecule has 0 aliphatic carbocycles. The van der Waals surface area contributed by atoms with Crippen molar-refractivity contribution >= 4 is 28.5 Å². The van der Waals surface area contributed by atoms with Crippen molar-refractivity contribution in [3.63, 3.8) is 0 Å². The Morgan fingerprint density at radius 3 is 2.48 bits per heavy atom. The number of ether oxygens (including phenoxy) is 1. The summed E-state index contributed by atoms with van der Waals surface area (Å²) in [5.41, 5.74) is 2.46. The molecule has 4 rings (SSSR count). The number of fused-ring (bicyclic) bond motifs is 1. The van der Waals surface area contributed by atoms with Gasteiger partial charge >= 0.3 is 12.2 Å². The minimum Gasteiger partial charge on any atom is -0.383 e. The molecule has 2 N–H and O–H groups in total. The van der Waals surface area contributed by atoms with Gasteiger partial charge in [-0.05, 0) is 53.9 Å². The van der Waals surface area contributed by atoms with Gasteiger partial charge in [0, 0.05) is 49.5 Å². The summed E-state index contributed by atoms with van der Waals surface area (Å²) in [4.78, 5) is 32.9. The molecule has 0 saturated carbocycles. The second kappa shape index (κ2) is 13.7. The molecule has 42 heavy (non-hydrogen) atoms. The highest BCUT2D eigenvalue weighted by atomic mass is 19.4. The van der Waals surface area contributed by atoms with Gasteiger partial charge in [-0.1, -0.05) is 36.4 Å². The van der Waals surface area contributed by atoms with Crippen LogP contribution in [-0.2, 0) is 28.7 Å². The quantitative estimate of drug-likeness (QED) is 0.235. The Balaban J connectivity index is 1.53. The van der Waals surface area contributed by atoms with Gasteiger partial charge in [-0.25, -0.2) is 4.79 Å². The summed E-state index contributed by atoms with van der Waals surface area (Å²) >= 11 is 0. The first-order valence-corrected chi connectivity index (χ1v) is 13.2. The number of alkyl halides is 3. The van der Waals surface area contributed by atoms with Crippen LogP contribution in [0.2, 0.25) is 0 Å². The Kier molecular flexibility index (Phi) is 9.83. The Bertz CT molecular complexity index is 1560. The van der Waals surface area contributed by atoms with Crippen LogP contribution in [0.1, 0.15) is 22.3 Å². The van der Waals surface area contributed by atoms with Crippen molar-refractivity contribution in [1.29, 1.82) is 5.26 Å². The predicted molar refractivity (Wildman–Crippen MR) is 152 cm³/mol. The number of benzene rings is 3. The number of nitriles is 1. The number of rotatable bonds is 11. The summed E-state index contributed by atoms with van der Waals surface area (Å²) in [5.74, 6) is -0.383. The van der Waals surface area contributed by atoms with E-state index in [1.807, 2.05) is 36.5 Å². The number of anilines is 1. The lowest BCUT2D eigenvalue weighted by atomic mass is 10.1. The van der Waals surface area contributed by atoms with E-state index in [9.17, 15) is 22.8 Å². The third-order valence-corrected chi connectivity index (χ3v) is 6.75. The van der Waals surface area contributed by atoms with Crippen molar-refractivity contribution in [2.24, 2.45) is 0 Å². The average Bonchev–Trinajstić information content (AvgIpc) is 3.40. The van der Waals surface area contributed by atoms with Gasteiger partial charge < -0.3 is 24.8 Å². The van der Waals surface area contributed by atoms with Crippen molar-refractivity contribution in [2.45, 2.75) is 19.1 Å². The molecule has 0 radical (unpaired) electrons. The van der Waals surface area contributed by atoms with Gasteiger partial charge in [0.05, 0.1) is 23.8 Å². The standard InChI is InChI=1S/C31H30F3N5O3/c1-42-16-15-39(30(41)37-26-6-4-5-23(17-26)18-35)21-29(40)38(20-22-9-11-25(12-10-22)31(32,33)34)14-13-24-19-36-28-8-3-2-7-27(24)28/h2-12,17,19,36H,13-16,20-21H2,1H3,(H,37,41). The molecule has 0 saturated heterocycles. The van der Waals surface area contributed by atoms with E-state index in [1.165, 1.54) is 35.1 Å². The molecule has 4 aromatic rings. The highest BCUT2D eigenvalue weighted by Crippen LogP contribution is 2.29. The van der Waals surface area contributed by atoms with E-state index in [2.05, 4.69) is 10.3 Å². The molecule has 3 amide bonds. The number of nitrogens with one attached hydrogen (secondary N) is 2. The molecule has 8 nitrogen and oxygen atoms in total. The number of aromatic nitrogens is 1. The van der Waals surface area contributed by atoms with Crippen LogP contribution in [0.25, 0.3) is 10.9 Å². The molecule has 1 heterocycles. The first-order valence-electron chi connectivity index (χ1n) is 13.2. The summed E-state index contributed by atoms with van der Waals surface area (Å²) in [6.07, 6.45) is -2.11. The van der Waals surface area contributed by atoms with E-state index in [-0.39, 0.29) is 38.7 Å². The summed E-state index contributed by atoms with van der Waals surface area (Å²) in [6, 6.07) is 20.3. The molecule has 11 heteroatoms. The lowest BCUT2D eigenvalue weighted by Gasteiger charge is -2.28. The smallest absolute Gasteiger partial charge is 0.383 e. The number of carbonyl (C=O) groups is 2. The van der Waals surface area contributed by atoms with Crippen LogP contribution in [-0.4, -0.2) is 60.1 Å². The third kappa shape index (κ3) is 7.89. The fourth-order valence-electron chi connectivity index (χ4n) is 4.49. The summed E-state index contributed by atoms with van der Waals surface area (Å²) in [7, 11) is 1.48. The van der Waals surface area contributed by atoms with Gasteiger partial charge in [-0.2, -0.15) is 18.4 Å². The monoisotopic (exact) mass is 577 g/mol. The normalized spacial score (nSPS) is 11.2. The van der Waals surface area contributed by atoms with Crippen molar-refractivity contribution in [1.82, 2.24) is 14.8 Å². The van der Waals surface area contributed by atoms with Crippen LogP contribution < -0.4 is 5.32 Å². The topological polar surface area (TPSA) is 101 Å². The minimum atomic E-state index is -4.47. The molecule has 0 spiro atoms. The number of amides is 3. The zero-order valence-corrected chi connectivity index (χ0v) is 22.9. The zero-order chi connectivity index (χ0) is 30.1. The fraction of sp³-hybridized carbons (Fsp3) is 0.258. The van der Waals surface area contributed by atoms with Crippen LogP contribution in [0.5, 0.6) is 0 Å². The number of hydrogen-bond acceptors (Lipinski definition) is 4. The molecule has 0 bridgehead atoms. The number of hydrogen-bond donors (Lipinski definition) is 2. The van der Waals surface area contributed by atoms with Gasteiger partial charge in [-0.3, -0.25) is 4.79 Å². The van der Waals surface area contributed by atoms with E-state index in [4.69, 9.17) is 10.00 Å². The van der Waals surface area contributed by atoms with Crippen LogP contribution >= 0.6 is 0 Å². The Morgan fingerprint density at radius 1 is 1.00 bits per heavy atom. The van der Waals surface area contributed by atoms with Crippen LogP contribution in [0.4, 0.5) is 23.7 Å². The second-order valence-corrected chi connectivity index (χ2v) is 9.66. The molecule has 1 aromatic heterocycles. The van der Waals surface area contributed by atoms with Crippen LogP contribution in [0.3, 0.4) is 0 Å². The van der Waals surface area contributed by atoms with Crippen molar-refractivity contribution < 1.29 is 27.5 Å². The van der Waals surface area contributed by atoms with Crippen molar-refractivity contribution in [2.75, 3.05) is 38.7 Å². The summed E-state index contributed by atoms with van der Waals surface area (Å²) in [5, 5.41) is 12.9. The minimum absolute atomic E-state index is 0.0588. The summed E-state index contributed by atoms with van der Waals surface area (Å²) < 4.78 is 44.4. The van der Waals surface area contributed by atoms with E-state index in [0.717, 1.165) is 28.6 Å².